The van der Waals surface area contributed by atoms with Crippen LogP contribution in [0.25, 0.3) is 0 Å². The van der Waals surface area contributed by atoms with Crippen molar-refractivity contribution in [3.63, 3.8) is 0 Å². The number of rotatable bonds is 4. The summed E-state index contributed by atoms with van der Waals surface area (Å²) < 4.78 is 10.3. The van der Waals surface area contributed by atoms with Crippen LogP contribution in [0.1, 0.15) is 0 Å². The standard InChI is InChI=1S/C5H12N3OP/c9-10-6-5(7-1-2-7)8-3-4-8/h5H,1-4,10H2,(H,6,9). The maximum atomic E-state index is 10.3. The van der Waals surface area contributed by atoms with E-state index in [2.05, 4.69) is 14.9 Å². The molecule has 0 aliphatic carbocycles. The van der Waals surface area contributed by atoms with E-state index in [0.717, 1.165) is 26.2 Å². The molecule has 4 nitrogen and oxygen atoms in total. The fourth-order valence-corrected chi connectivity index (χ4v) is 1.65. The van der Waals surface area contributed by atoms with Crippen LogP contribution in [-0.4, -0.2) is 42.3 Å². The third-order valence-corrected chi connectivity index (χ3v) is 2.31. The fraction of sp³-hybridized carbons (Fsp3) is 1.00. The maximum absolute atomic E-state index is 10.3. The monoisotopic (exact) mass is 161 g/mol. The van der Waals surface area contributed by atoms with Gasteiger partial charge in [0.25, 0.3) is 0 Å². The van der Waals surface area contributed by atoms with Gasteiger partial charge in [-0.3, -0.25) is 9.80 Å². The van der Waals surface area contributed by atoms with Gasteiger partial charge in [0.15, 0.2) is 0 Å². The SMILES string of the molecule is O=[PH2]NC(N1CC1)N1CC1. The lowest BCUT2D eigenvalue weighted by molar-refractivity contribution is 0.235. The molecule has 0 aromatic heterocycles. The minimum atomic E-state index is -0.801. The Balaban J connectivity index is 1.85. The van der Waals surface area contributed by atoms with Gasteiger partial charge in [0.05, 0.1) is 0 Å². The van der Waals surface area contributed by atoms with Crippen LogP contribution in [0, 0.1) is 0 Å². The summed E-state index contributed by atoms with van der Waals surface area (Å²) in [5.74, 6) is 0. The summed E-state index contributed by atoms with van der Waals surface area (Å²) >= 11 is 0. The first-order valence-electron chi connectivity index (χ1n) is 3.59. The van der Waals surface area contributed by atoms with Gasteiger partial charge in [-0.15, -0.1) is 0 Å². The maximum Gasteiger partial charge on any atom is 0.126 e. The van der Waals surface area contributed by atoms with Crippen molar-refractivity contribution >= 4 is 8.61 Å². The van der Waals surface area contributed by atoms with Crippen LogP contribution in [-0.2, 0) is 4.57 Å². The van der Waals surface area contributed by atoms with Crippen LogP contribution in [0.3, 0.4) is 0 Å². The molecule has 2 aliphatic rings. The predicted molar refractivity (Wildman–Crippen MR) is 40.5 cm³/mol. The highest BCUT2D eigenvalue weighted by molar-refractivity contribution is 7.21. The fourth-order valence-electron chi connectivity index (χ4n) is 1.11. The summed E-state index contributed by atoms with van der Waals surface area (Å²) in [6.07, 6.45) is 0.299. The van der Waals surface area contributed by atoms with Crippen molar-refractivity contribution < 1.29 is 4.57 Å². The minimum absolute atomic E-state index is 0.299. The molecule has 0 spiro atoms. The Morgan fingerprint density at radius 1 is 1.20 bits per heavy atom. The topological polar surface area (TPSA) is 35.1 Å². The smallest absolute Gasteiger partial charge is 0.126 e. The summed E-state index contributed by atoms with van der Waals surface area (Å²) in [4.78, 5) is 4.55. The molecule has 2 rings (SSSR count). The second kappa shape index (κ2) is 2.62. The van der Waals surface area contributed by atoms with Gasteiger partial charge in [-0.2, -0.15) is 0 Å². The van der Waals surface area contributed by atoms with E-state index in [1.807, 2.05) is 0 Å². The summed E-state index contributed by atoms with van der Waals surface area (Å²) in [6.45, 7) is 4.64. The van der Waals surface area contributed by atoms with E-state index >= 15 is 0 Å². The van der Waals surface area contributed by atoms with Gasteiger partial charge in [0.2, 0.25) is 0 Å². The molecule has 0 bridgehead atoms. The molecular weight excluding hydrogens is 149 g/mol. The molecule has 1 N–H and O–H groups in total. The average molecular weight is 161 g/mol. The van der Waals surface area contributed by atoms with E-state index in [-0.39, 0.29) is 0 Å². The Labute approximate surface area is 61.4 Å². The molecule has 0 aromatic rings. The van der Waals surface area contributed by atoms with Crippen LogP contribution in [0.2, 0.25) is 0 Å². The number of nitrogens with one attached hydrogen (secondary N) is 1. The Hall–Kier alpha value is 0.110. The lowest BCUT2D eigenvalue weighted by Gasteiger charge is -2.16. The Kier molecular flexibility index (Phi) is 1.78. The predicted octanol–water partition coefficient (Wildman–Crippen LogP) is -0.838. The lowest BCUT2D eigenvalue weighted by Crippen LogP contribution is -2.37. The molecule has 5 heteroatoms. The molecule has 0 aromatic carbocycles. The van der Waals surface area contributed by atoms with Gasteiger partial charge in [-0.05, 0) is 0 Å². The number of hydrogen-bond donors (Lipinski definition) is 1. The molecule has 0 amide bonds. The normalized spacial score (nSPS) is 26.9. The molecule has 1 unspecified atom stereocenters. The molecule has 2 heterocycles. The highest BCUT2D eigenvalue weighted by Crippen LogP contribution is 2.19. The molecule has 0 saturated carbocycles. The van der Waals surface area contributed by atoms with Crippen LogP contribution >= 0.6 is 8.61 Å². The summed E-state index contributed by atoms with van der Waals surface area (Å²) in [5.41, 5.74) is 0. The van der Waals surface area contributed by atoms with E-state index in [9.17, 15) is 4.57 Å². The van der Waals surface area contributed by atoms with Gasteiger partial charge in [-0.25, -0.2) is 5.09 Å². The average Bonchev–Trinajstić information content (AvgIpc) is 2.77. The van der Waals surface area contributed by atoms with Crippen LogP contribution in [0.5, 0.6) is 0 Å². The molecule has 0 radical (unpaired) electrons. The van der Waals surface area contributed by atoms with Gasteiger partial charge >= 0.3 is 0 Å². The quantitative estimate of drug-likeness (QED) is 0.431. The van der Waals surface area contributed by atoms with Gasteiger partial charge < -0.3 is 4.57 Å². The zero-order valence-electron chi connectivity index (χ0n) is 5.79. The minimum Gasteiger partial charge on any atom is -0.313 e. The van der Waals surface area contributed by atoms with Crippen molar-refractivity contribution in [2.45, 2.75) is 6.29 Å². The van der Waals surface area contributed by atoms with Crippen LogP contribution in [0.4, 0.5) is 0 Å². The molecular formula is C5H12N3OP. The molecule has 2 fully saturated rings. The largest absolute Gasteiger partial charge is 0.313 e. The first kappa shape index (κ1) is 6.80. The van der Waals surface area contributed by atoms with Crippen LogP contribution in [0.15, 0.2) is 0 Å². The zero-order chi connectivity index (χ0) is 6.97. The Morgan fingerprint density at radius 3 is 2.00 bits per heavy atom. The van der Waals surface area contributed by atoms with E-state index in [4.69, 9.17) is 0 Å². The molecule has 2 aliphatic heterocycles. The third kappa shape index (κ3) is 1.40. The molecule has 58 valence electrons. The number of hydrogen-bond acceptors (Lipinski definition) is 3. The zero-order valence-corrected chi connectivity index (χ0v) is 6.94. The Bertz CT molecular complexity index is 134. The first-order chi connectivity index (χ1) is 4.92. The van der Waals surface area contributed by atoms with E-state index in [0.29, 0.717) is 6.29 Å². The second-order valence-corrected chi connectivity index (χ2v) is 3.30. The molecule has 1 atom stereocenters. The number of nitrogens with zero attached hydrogens (tertiary/aromatic N) is 2. The highest BCUT2D eigenvalue weighted by atomic mass is 31.1. The highest BCUT2D eigenvalue weighted by Gasteiger charge is 2.36. The van der Waals surface area contributed by atoms with Crippen molar-refractivity contribution in [2.75, 3.05) is 26.2 Å². The van der Waals surface area contributed by atoms with E-state index in [1.54, 1.807) is 0 Å². The van der Waals surface area contributed by atoms with Crippen molar-refractivity contribution in [3.8, 4) is 0 Å². The first-order valence-corrected chi connectivity index (χ1v) is 4.64. The van der Waals surface area contributed by atoms with Gasteiger partial charge in [0.1, 0.15) is 14.9 Å². The molecule has 2 saturated heterocycles. The Morgan fingerprint density at radius 2 is 1.70 bits per heavy atom. The lowest BCUT2D eigenvalue weighted by atomic mass is 10.8. The summed E-state index contributed by atoms with van der Waals surface area (Å²) in [7, 11) is -0.801. The third-order valence-electron chi connectivity index (χ3n) is 1.87. The van der Waals surface area contributed by atoms with Crippen molar-refractivity contribution in [1.29, 1.82) is 0 Å². The van der Waals surface area contributed by atoms with E-state index < -0.39 is 8.61 Å². The van der Waals surface area contributed by atoms with E-state index in [1.165, 1.54) is 0 Å². The molecule has 10 heavy (non-hydrogen) atoms. The summed E-state index contributed by atoms with van der Waals surface area (Å²) in [6, 6.07) is 0. The van der Waals surface area contributed by atoms with Crippen LogP contribution < -0.4 is 5.09 Å². The van der Waals surface area contributed by atoms with Crippen molar-refractivity contribution in [2.24, 2.45) is 0 Å². The summed E-state index contributed by atoms with van der Waals surface area (Å²) in [5, 5.41) is 2.99. The van der Waals surface area contributed by atoms with Gasteiger partial charge in [0, 0.05) is 26.2 Å². The van der Waals surface area contributed by atoms with Crippen molar-refractivity contribution in [1.82, 2.24) is 14.9 Å². The van der Waals surface area contributed by atoms with Crippen molar-refractivity contribution in [3.05, 3.63) is 0 Å². The second-order valence-electron chi connectivity index (χ2n) is 2.73. The van der Waals surface area contributed by atoms with Gasteiger partial charge in [-0.1, -0.05) is 0 Å².